The van der Waals surface area contributed by atoms with Gasteiger partial charge in [-0.3, -0.25) is 9.36 Å². The Balaban J connectivity index is 1.45. The van der Waals surface area contributed by atoms with E-state index < -0.39 is 33.7 Å². The molecule has 1 aliphatic rings. The van der Waals surface area contributed by atoms with Crippen LogP contribution < -0.4 is 10.0 Å². The third-order valence-electron chi connectivity index (χ3n) is 8.77. The van der Waals surface area contributed by atoms with Crippen molar-refractivity contribution >= 4 is 45.7 Å². The Morgan fingerprint density at radius 2 is 1.81 bits per heavy atom. The monoisotopic (exact) mass is 686 g/mol. The molecule has 0 saturated heterocycles. The number of rotatable bonds is 9. The van der Waals surface area contributed by atoms with Crippen LogP contribution in [0.2, 0.25) is 5.02 Å². The molecule has 0 fully saturated rings. The Kier molecular flexibility index (Phi) is 9.41. The highest BCUT2D eigenvalue weighted by Crippen LogP contribution is 2.42. The molecule has 48 heavy (non-hydrogen) atoms. The zero-order valence-corrected chi connectivity index (χ0v) is 29.2. The van der Waals surface area contributed by atoms with Gasteiger partial charge in [0.25, 0.3) is 5.91 Å². The molecule has 0 spiro atoms. The Morgan fingerprint density at radius 1 is 1.08 bits per heavy atom. The number of hydrogen-bond acceptors (Lipinski definition) is 7. The fraction of sp³-hybridized carbons (Fsp3) is 0.333. The van der Waals surface area contributed by atoms with Crippen LogP contribution in [-0.2, 0) is 39.4 Å². The smallest absolute Gasteiger partial charge is 0.332 e. The molecule has 0 saturated carbocycles. The molecule has 2 N–H and O–H groups in total. The van der Waals surface area contributed by atoms with E-state index in [1.54, 1.807) is 42.3 Å². The summed E-state index contributed by atoms with van der Waals surface area (Å²) in [6, 6.07) is 20.3. The quantitative estimate of drug-likeness (QED) is 0.142. The lowest BCUT2D eigenvalue weighted by Crippen LogP contribution is -2.51. The van der Waals surface area contributed by atoms with Crippen LogP contribution >= 0.6 is 11.6 Å². The summed E-state index contributed by atoms with van der Waals surface area (Å²) < 4.78 is 25.4. The highest BCUT2D eigenvalue weighted by atomic mass is 35.5. The average Bonchev–Trinajstić information content (AvgIpc) is 3.70. The largest absolute Gasteiger partial charge is 0.598 e. The molecule has 1 aliphatic heterocycles. The van der Waals surface area contributed by atoms with Crippen molar-refractivity contribution in [1.29, 1.82) is 0 Å². The maximum absolute atomic E-state index is 14.1. The van der Waals surface area contributed by atoms with Gasteiger partial charge in [-0.1, -0.05) is 53.6 Å². The van der Waals surface area contributed by atoms with Crippen LogP contribution in [0, 0.1) is 6.92 Å². The molecule has 0 bridgehead atoms. The fourth-order valence-corrected chi connectivity index (χ4v) is 7.41. The number of ether oxygens (including phenoxy) is 1. The first-order valence-corrected chi connectivity index (χ1v) is 17.4. The number of aryl methyl sites for hydroxylation is 1. The molecular weight excluding hydrogens is 648 g/mol. The highest BCUT2D eigenvalue weighted by molar-refractivity contribution is 7.90. The van der Waals surface area contributed by atoms with Gasteiger partial charge in [-0.15, -0.1) is 14.9 Å². The van der Waals surface area contributed by atoms with Gasteiger partial charge in [-0.2, -0.15) is 0 Å². The van der Waals surface area contributed by atoms with Gasteiger partial charge in [0.1, 0.15) is 17.4 Å². The number of hydrogen-bond donors (Lipinski definition) is 2. The Morgan fingerprint density at radius 3 is 2.48 bits per heavy atom. The number of fused-ring (bicyclic) bond motifs is 3. The van der Waals surface area contributed by atoms with Crippen molar-refractivity contribution in [3.63, 3.8) is 0 Å². The number of aromatic nitrogens is 4. The summed E-state index contributed by atoms with van der Waals surface area (Å²) in [5, 5.41) is 12.3. The van der Waals surface area contributed by atoms with Gasteiger partial charge in [0.2, 0.25) is 0 Å². The van der Waals surface area contributed by atoms with Gasteiger partial charge in [0, 0.05) is 39.2 Å². The standard InChI is InChI=1S/C36H39ClN6O4S/c1-6-47-34(45)32(41-48(46)35(3,4)5)31-27-18-23(2)12-15-29(27)43-20-36(17-16-30(31)43,24-10-8-7-9-11-24)40-33(44)26-14-13-25(19-28(26)37)42-21-38-39-22-42/h7-15,18-19,21-22,32,41H,6,16-17,20H2,1-5H3,(H,40,44)/t32?,36-,48?/m1/s1. The first kappa shape index (κ1) is 33.7. The summed E-state index contributed by atoms with van der Waals surface area (Å²) in [5.74, 6) is -0.786. The number of carbonyl (C=O) groups excluding carboxylic acids is 2. The van der Waals surface area contributed by atoms with Gasteiger partial charge in [0.15, 0.2) is 6.04 Å². The van der Waals surface area contributed by atoms with E-state index >= 15 is 0 Å². The second kappa shape index (κ2) is 13.4. The Labute approximate surface area is 288 Å². The fourth-order valence-electron chi connectivity index (χ4n) is 6.37. The normalized spacial score (nSPS) is 17.5. The number of nitrogens with zero attached hydrogens (tertiary/aromatic N) is 4. The number of nitrogens with one attached hydrogen (secondary N) is 2. The van der Waals surface area contributed by atoms with E-state index in [0.717, 1.165) is 39.0 Å². The van der Waals surface area contributed by atoms with Crippen molar-refractivity contribution in [3.8, 4) is 5.69 Å². The van der Waals surface area contributed by atoms with Crippen LogP contribution in [0.15, 0.2) is 79.4 Å². The van der Waals surface area contributed by atoms with E-state index in [-0.39, 0.29) is 12.5 Å². The Hall–Kier alpha value is -4.16. The van der Waals surface area contributed by atoms with Gasteiger partial charge >= 0.3 is 5.97 Å². The predicted octanol–water partition coefficient (Wildman–Crippen LogP) is 6.11. The van der Waals surface area contributed by atoms with E-state index in [1.165, 1.54) is 0 Å². The van der Waals surface area contributed by atoms with E-state index in [1.807, 2.05) is 70.2 Å². The molecule has 3 aromatic carbocycles. The number of esters is 1. The molecule has 10 nitrogen and oxygen atoms in total. The van der Waals surface area contributed by atoms with Gasteiger partial charge in [-0.25, -0.2) is 4.79 Å². The maximum Gasteiger partial charge on any atom is 0.332 e. The molecule has 2 aromatic heterocycles. The number of carbonyl (C=O) groups is 2. The number of benzene rings is 3. The van der Waals surface area contributed by atoms with E-state index in [4.69, 9.17) is 16.3 Å². The zero-order chi connectivity index (χ0) is 34.2. The van der Waals surface area contributed by atoms with Crippen LogP contribution in [0.5, 0.6) is 0 Å². The highest BCUT2D eigenvalue weighted by Gasteiger charge is 2.43. The van der Waals surface area contributed by atoms with E-state index in [9.17, 15) is 14.1 Å². The molecule has 1 amide bonds. The van der Waals surface area contributed by atoms with Crippen LogP contribution in [0.3, 0.4) is 0 Å². The zero-order valence-electron chi connectivity index (χ0n) is 27.6. The SMILES string of the molecule is CCOC(=O)C(N[S+]([O-])C(C)(C)C)c1c2n(c3ccc(C)cc13)C[C@@](NC(=O)c1ccc(-n3cnnc3)cc1Cl)(c1ccccc1)CC2. The molecule has 3 atom stereocenters. The summed E-state index contributed by atoms with van der Waals surface area (Å²) >= 11 is 5.14. The minimum absolute atomic E-state index is 0.193. The molecule has 250 valence electrons. The summed E-state index contributed by atoms with van der Waals surface area (Å²) in [5.41, 5.74) is 4.85. The van der Waals surface area contributed by atoms with Crippen molar-refractivity contribution in [2.24, 2.45) is 0 Å². The van der Waals surface area contributed by atoms with Crippen LogP contribution in [0.25, 0.3) is 16.6 Å². The molecular formula is C36H39ClN6O4S. The lowest BCUT2D eigenvalue weighted by Gasteiger charge is -2.40. The van der Waals surface area contributed by atoms with Crippen molar-refractivity contribution in [1.82, 2.24) is 29.4 Å². The van der Waals surface area contributed by atoms with Crippen LogP contribution in [0.1, 0.15) is 72.9 Å². The summed E-state index contributed by atoms with van der Waals surface area (Å²) in [4.78, 5) is 27.7. The maximum atomic E-state index is 14.1. The minimum Gasteiger partial charge on any atom is -0.598 e. The second-order valence-electron chi connectivity index (χ2n) is 13.1. The molecule has 6 rings (SSSR count). The predicted molar refractivity (Wildman–Crippen MR) is 187 cm³/mol. The lowest BCUT2D eigenvalue weighted by atomic mass is 9.81. The van der Waals surface area contributed by atoms with Gasteiger partial charge in [0.05, 0.1) is 29.3 Å². The molecule has 3 heterocycles. The van der Waals surface area contributed by atoms with Gasteiger partial charge < -0.3 is 19.2 Å². The third-order valence-corrected chi connectivity index (χ3v) is 10.6. The third kappa shape index (κ3) is 6.47. The van der Waals surface area contributed by atoms with E-state index in [0.29, 0.717) is 30.0 Å². The average molecular weight is 687 g/mol. The van der Waals surface area contributed by atoms with Crippen molar-refractivity contribution in [2.45, 2.75) is 70.3 Å². The van der Waals surface area contributed by atoms with E-state index in [2.05, 4.69) is 30.9 Å². The first-order valence-electron chi connectivity index (χ1n) is 15.9. The lowest BCUT2D eigenvalue weighted by molar-refractivity contribution is -0.145. The van der Waals surface area contributed by atoms with Crippen molar-refractivity contribution in [3.05, 3.63) is 112 Å². The van der Waals surface area contributed by atoms with Gasteiger partial charge in [-0.05, 0) is 83.4 Å². The van der Waals surface area contributed by atoms with Crippen LogP contribution in [-0.4, -0.2) is 47.1 Å². The first-order chi connectivity index (χ1) is 22.9. The summed E-state index contributed by atoms with van der Waals surface area (Å²) in [6.07, 6.45) is 4.20. The minimum atomic E-state index is -1.55. The molecule has 0 radical (unpaired) electrons. The molecule has 0 aliphatic carbocycles. The number of amides is 1. The number of halogens is 1. The molecule has 5 aromatic rings. The summed E-state index contributed by atoms with van der Waals surface area (Å²) in [6.45, 7) is 9.94. The van der Waals surface area contributed by atoms with Crippen molar-refractivity contribution < 1.29 is 18.9 Å². The molecule has 2 unspecified atom stereocenters. The van der Waals surface area contributed by atoms with Crippen molar-refractivity contribution in [2.75, 3.05) is 6.61 Å². The molecule has 12 heteroatoms. The Bertz CT molecular complexity index is 1960. The van der Waals surface area contributed by atoms with Crippen LogP contribution in [0.4, 0.5) is 0 Å². The second-order valence-corrected chi connectivity index (χ2v) is 15.5. The topological polar surface area (TPSA) is 126 Å². The summed E-state index contributed by atoms with van der Waals surface area (Å²) in [7, 11) is 0.